The number of anilines is 2. The van der Waals surface area contributed by atoms with Crippen molar-refractivity contribution >= 4 is 35.0 Å². The topological polar surface area (TPSA) is 132 Å². The molecule has 0 bridgehead atoms. The highest BCUT2D eigenvalue weighted by Gasteiger charge is 2.45. The number of hydrogen-bond donors (Lipinski definition) is 2. The van der Waals surface area contributed by atoms with E-state index in [-0.39, 0.29) is 53.1 Å². The van der Waals surface area contributed by atoms with Gasteiger partial charge in [-0.2, -0.15) is 0 Å². The summed E-state index contributed by atoms with van der Waals surface area (Å²) in [4.78, 5) is 57.8. The molecule has 4 aromatic carbocycles. The lowest BCUT2D eigenvalue weighted by Gasteiger charge is -2.40. The zero-order valence-electron chi connectivity index (χ0n) is 32.7. The number of fused-ring (bicyclic) bond motifs is 2. The average molecular weight is 806 g/mol. The maximum Gasteiger partial charge on any atom is 0.262 e. The molecule has 0 aromatic heterocycles. The van der Waals surface area contributed by atoms with Gasteiger partial charge in [0.2, 0.25) is 11.8 Å². The zero-order chi connectivity index (χ0) is 40.9. The van der Waals surface area contributed by atoms with Crippen molar-refractivity contribution < 1.29 is 42.5 Å². The first kappa shape index (κ1) is 38.5. The Bertz CT molecular complexity index is 2340. The van der Waals surface area contributed by atoms with Crippen molar-refractivity contribution in [1.29, 1.82) is 0 Å². The summed E-state index contributed by atoms with van der Waals surface area (Å²) in [6.45, 7) is 5.10. The molecule has 306 valence electrons. The van der Waals surface area contributed by atoms with Gasteiger partial charge in [0.25, 0.3) is 11.8 Å². The van der Waals surface area contributed by atoms with Crippen molar-refractivity contribution in [1.82, 2.24) is 15.1 Å². The van der Waals surface area contributed by atoms with E-state index in [4.69, 9.17) is 9.47 Å². The molecule has 5 heterocycles. The fraction of sp³-hybridized carbons (Fsp3) is 0.378. The maximum absolute atomic E-state index is 16.2. The van der Waals surface area contributed by atoms with E-state index >= 15 is 8.78 Å². The van der Waals surface area contributed by atoms with Crippen molar-refractivity contribution in [3.63, 3.8) is 0 Å². The SMILES string of the molecule is COc1cccc([C@@H]2COc3cc(O)ccc3[C@@H]2c2ccc(N3CCC(CN4CCN(c5cc6c(cc5F)C(=O)N(C5CCC(=O)NC5=O)C6=O)CC4)CC3)c(F)c2)c1. The lowest BCUT2D eigenvalue weighted by molar-refractivity contribution is -0.136. The van der Waals surface area contributed by atoms with Crippen LogP contribution in [0.25, 0.3) is 0 Å². The Morgan fingerprint density at radius 1 is 0.780 bits per heavy atom. The van der Waals surface area contributed by atoms with Gasteiger partial charge in [-0.15, -0.1) is 0 Å². The molecular weight excluding hydrogens is 761 g/mol. The number of nitrogens with one attached hydrogen (secondary N) is 1. The van der Waals surface area contributed by atoms with Crippen LogP contribution in [0.1, 0.15) is 74.9 Å². The highest BCUT2D eigenvalue weighted by Crippen LogP contribution is 2.48. The number of imide groups is 2. The second-order valence-corrected chi connectivity index (χ2v) is 16.1. The average Bonchev–Trinajstić information content (AvgIpc) is 3.47. The van der Waals surface area contributed by atoms with Gasteiger partial charge in [-0.05, 0) is 78.8 Å². The Morgan fingerprint density at radius 2 is 1.51 bits per heavy atom. The predicted molar refractivity (Wildman–Crippen MR) is 214 cm³/mol. The number of carbonyl (C=O) groups is 4. The van der Waals surface area contributed by atoms with Gasteiger partial charge >= 0.3 is 0 Å². The van der Waals surface area contributed by atoms with Crippen LogP contribution in [0.4, 0.5) is 20.2 Å². The molecule has 12 nitrogen and oxygen atoms in total. The van der Waals surface area contributed by atoms with Crippen molar-refractivity contribution in [3.05, 3.63) is 112 Å². The maximum atomic E-state index is 16.2. The summed E-state index contributed by atoms with van der Waals surface area (Å²) < 4.78 is 43.3. The summed E-state index contributed by atoms with van der Waals surface area (Å²) in [5.74, 6) is -1.91. The normalized spacial score (nSPS) is 22.6. The molecule has 14 heteroatoms. The summed E-state index contributed by atoms with van der Waals surface area (Å²) in [7, 11) is 1.63. The zero-order valence-corrected chi connectivity index (χ0v) is 32.7. The second kappa shape index (κ2) is 15.6. The largest absolute Gasteiger partial charge is 0.508 e. The Balaban J connectivity index is 0.818. The molecule has 1 unspecified atom stereocenters. The summed E-state index contributed by atoms with van der Waals surface area (Å²) >= 11 is 0. The van der Waals surface area contributed by atoms with Crippen LogP contribution in [0.3, 0.4) is 0 Å². The van der Waals surface area contributed by atoms with Gasteiger partial charge in [-0.25, -0.2) is 8.78 Å². The van der Waals surface area contributed by atoms with E-state index in [1.165, 1.54) is 6.07 Å². The third-order valence-corrected chi connectivity index (χ3v) is 12.7. The van der Waals surface area contributed by atoms with E-state index in [1.807, 2.05) is 47.4 Å². The lowest BCUT2D eigenvalue weighted by Crippen LogP contribution is -2.54. The van der Waals surface area contributed by atoms with Gasteiger partial charge in [0.05, 0.1) is 36.2 Å². The highest BCUT2D eigenvalue weighted by molar-refractivity contribution is 6.23. The Hall–Kier alpha value is -6.02. The van der Waals surface area contributed by atoms with E-state index in [0.29, 0.717) is 50.1 Å². The van der Waals surface area contributed by atoms with Gasteiger partial charge < -0.3 is 24.4 Å². The number of rotatable bonds is 8. The molecule has 3 atom stereocenters. The summed E-state index contributed by atoms with van der Waals surface area (Å²) in [6.07, 6.45) is 1.84. The monoisotopic (exact) mass is 805 g/mol. The number of carbonyl (C=O) groups excluding carboxylic acids is 4. The standard InChI is InChI=1S/C45H45F2N5O7/c1-58-30-4-2-3-27(19-30)34-25-59-40-21-29(53)6-7-31(40)42(34)28-5-8-37(35(46)20-28)50-13-11-26(12-14-50)24-49-15-17-51(18-16-49)39-23-33-32(22-36(39)47)44(56)52(45(33)57)38-9-10-41(54)48-43(38)55/h2-8,19-23,26,34,38,42,53H,9-18,24-25H2,1H3,(H,48,54,55)/t34-,38?,42-/m0/s1. The molecule has 0 spiro atoms. The number of hydrogen-bond acceptors (Lipinski definition) is 10. The third-order valence-electron chi connectivity index (χ3n) is 12.7. The molecule has 0 aliphatic carbocycles. The minimum Gasteiger partial charge on any atom is -0.508 e. The van der Waals surface area contributed by atoms with Crippen LogP contribution < -0.4 is 24.6 Å². The number of amides is 4. The van der Waals surface area contributed by atoms with Crippen molar-refractivity contribution in [3.8, 4) is 17.2 Å². The molecule has 4 amide bonds. The van der Waals surface area contributed by atoms with E-state index in [1.54, 1.807) is 25.3 Å². The molecule has 2 N–H and O–H groups in total. The third kappa shape index (κ3) is 7.23. The number of piperidine rings is 2. The molecule has 3 saturated heterocycles. The van der Waals surface area contributed by atoms with Crippen molar-refractivity contribution in [2.24, 2.45) is 5.92 Å². The number of benzene rings is 4. The van der Waals surface area contributed by atoms with E-state index in [2.05, 4.69) is 15.1 Å². The number of phenols is 1. The molecule has 59 heavy (non-hydrogen) atoms. The Morgan fingerprint density at radius 3 is 2.24 bits per heavy atom. The van der Waals surface area contributed by atoms with E-state index in [0.717, 1.165) is 65.9 Å². The molecule has 9 rings (SSSR count). The summed E-state index contributed by atoms with van der Waals surface area (Å²) in [5, 5.41) is 12.3. The second-order valence-electron chi connectivity index (χ2n) is 16.1. The summed E-state index contributed by atoms with van der Waals surface area (Å²) in [5.41, 5.74) is 3.54. The van der Waals surface area contributed by atoms with Crippen LogP contribution in [-0.2, 0) is 9.59 Å². The van der Waals surface area contributed by atoms with Gasteiger partial charge in [-0.3, -0.25) is 34.3 Å². The van der Waals surface area contributed by atoms with Crippen LogP contribution in [-0.4, -0.2) is 104 Å². The number of methoxy groups -OCH3 is 1. The van der Waals surface area contributed by atoms with E-state index in [9.17, 15) is 24.3 Å². The summed E-state index contributed by atoms with van der Waals surface area (Å²) in [6, 6.07) is 19.9. The first-order valence-electron chi connectivity index (χ1n) is 20.2. The fourth-order valence-electron chi connectivity index (χ4n) is 9.56. The van der Waals surface area contributed by atoms with Crippen LogP contribution in [0.15, 0.2) is 72.8 Å². The smallest absolute Gasteiger partial charge is 0.262 e. The number of ether oxygens (including phenoxy) is 2. The molecule has 5 aliphatic rings. The lowest BCUT2D eigenvalue weighted by atomic mass is 9.75. The molecule has 4 aromatic rings. The van der Waals surface area contributed by atoms with Crippen LogP contribution in [0.2, 0.25) is 0 Å². The van der Waals surface area contributed by atoms with Gasteiger partial charge in [-0.1, -0.05) is 24.3 Å². The Labute approximate surface area is 340 Å². The van der Waals surface area contributed by atoms with Crippen molar-refractivity contribution in [2.45, 2.75) is 43.6 Å². The first-order chi connectivity index (χ1) is 28.6. The minimum atomic E-state index is -1.11. The van der Waals surface area contributed by atoms with Gasteiger partial charge in [0, 0.05) is 75.7 Å². The molecule has 3 fully saturated rings. The van der Waals surface area contributed by atoms with E-state index < -0.39 is 35.5 Å². The molecule has 0 radical (unpaired) electrons. The number of piperazine rings is 1. The number of halogens is 2. The number of phenolic OH excluding ortho intramolecular Hbond substituents is 1. The van der Waals surface area contributed by atoms with Crippen LogP contribution in [0.5, 0.6) is 17.2 Å². The highest BCUT2D eigenvalue weighted by atomic mass is 19.1. The molecule has 0 saturated carbocycles. The van der Waals surface area contributed by atoms with Gasteiger partial charge in [0.1, 0.15) is 34.9 Å². The van der Waals surface area contributed by atoms with Crippen LogP contribution in [0, 0.1) is 17.6 Å². The minimum absolute atomic E-state index is 0.00796. The Kier molecular flexibility index (Phi) is 10.2. The number of aromatic hydroxyl groups is 1. The fourth-order valence-corrected chi connectivity index (χ4v) is 9.56. The van der Waals surface area contributed by atoms with Crippen LogP contribution >= 0.6 is 0 Å². The van der Waals surface area contributed by atoms with Gasteiger partial charge in [0.15, 0.2) is 0 Å². The number of nitrogens with zero attached hydrogens (tertiary/aromatic N) is 4. The quantitative estimate of drug-likeness (QED) is 0.223. The van der Waals surface area contributed by atoms with Crippen molar-refractivity contribution in [2.75, 3.05) is 69.3 Å². The first-order valence-corrected chi connectivity index (χ1v) is 20.2. The molecule has 5 aliphatic heterocycles. The predicted octanol–water partition coefficient (Wildman–Crippen LogP) is 5.43. The molecular formula is C45H45F2N5O7.